The van der Waals surface area contributed by atoms with Crippen LogP contribution in [0.25, 0.3) is 0 Å². The molecule has 2 bridgehead atoms. The van der Waals surface area contributed by atoms with Crippen molar-refractivity contribution in [3.63, 3.8) is 0 Å². The van der Waals surface area contributed by atoms with Gasteiger partial charge in [0.2, 0.25) is 0 Å². The quantitative estimate of drug-likeness (QED) is 0.493. The first-order chi connectivity index (χ1) is 3.12. The van der Waals surface area contributed by atoms with Crippen LogP contribution in [0.5, 0.6) is 0 Å². The molecule has 0 aromatic carbocycles. The molecule has 0 unspecified atom stereocenters. The molecule has 3 aliphatic carbocycles. The Hall–Kier alpha value is 0.210. The minimum Gasteiger partial charge on any atom is -0.390 e. The highest BCUT2D eigenvalue weighted by Crippen LogP contribution is 2.58. The summed E-state index contributed by atoms with van der Waals surface area (Å²) in [6.07, 6.45) is 2.54. The molecular weight excluding hydrogens is 126 g/mol. The summed E-state index contributed by atoms with van der Waals surface area (Å²) in [5.41, 5.74) is 5.39. The van der Waals surface area contributed by atoms with Crippen molar-refractivity contribution >= 4 is 12.4 Å². The topological polar surface area (TPSA) is 46.2 Å². The van der Waals surface area contributed by atoms with E-state index in [4.69, 9.17) is 10.8 Å². The average molecular weight is 136 g/mol. The Morgan fingerprint density at radius 3 is 1.62 bits per heavy atom. The molecule has 0 aliphatic heterocycles. The highest BCUT2D eigenvalue weighted by molar-refractivity contribution is 5.85. The first-order valence-corrected chi connectivity index (χ1v) is 2.63. The summed E-state index contributed by atoms with van der Waals surface area (Å²) < 4.78 is 0. The standard InChI is InChI=1S/C5H9NO.ClH/c6-4-1-5(7,2-4)3-4;/h7H,1-3,6H2;1H. The molecule has 3 N–H and O–H groups in total. The van der Waals surface area contributed by atoms with Crippen LogP contribution >= 0.6 is 12.4 Å². The number of hydrogen-bond acceptors (Lipinski definition) is 2. The van der Waals surface area contributed by atoms with Crippen molar-refractivity contribution in [2.24, 2.45) is 5.73 Å². The Kier molecular flexibility index (Phi) is 0.951. The summed E-state index contributed by atoms with van der Waals surface area (Å²) in [6.45, 7) is 0. The van der Waals surface area contributed by atoms with Crippen molar-refractivity contribution in [2.45, 2.75) is 30.4 Å². The van der Waals surface area contributed by atoms with Gasteiger partial charge >= 0.3 is 0 Å². The van der Waals surface area contributed by atoms with Crippen molar-refractivity contribution < 1.29 is 5.11 Å². The van der Waals surface area contributed by atoms with Gasteiger partial charge < -0.3 is 10.8 Å². The fourth-order valence-corrected chi connectivity index (χ4v) is 1.81. The lowest BCUT2D eigenvalue weighted by Crippen LogP contribution is -2.76. The molecule has 0 aromatic heterocycles. The second-order valence-corrected chi connectivity index (χ2v) is 3.12. The van der Waals surface area contributed by atoms with E-state index < -0.39 is 0 Å². The molecule has 0 saturated heterocycles. The average Bonchev–Trinajstić information content (AvgIpc) is 1.27. The summed E-state index contributed by atoms with van der Waals surface area (Å²) in [4.78, 5) is 0. The summed E-state index contributed by atoms with van der Waals surface area (Å²) >= 11 is 0. The fourth-order valence-electron chi connectivity index (χ4n) is 1.81. The smallest absolute Gasteiger partial charge is 0.0700 e. The zero-order valence-corrected chi connectivity index (χ0v) is 5.37. The van der Waals surface area contributed by atoms with Crippen LogP contribution in [0.2, 0.25) is 0 Å². The maximum Gasteiger partial charge on any atom is 0.0700 e. The first kappa shape index (κ1) is 6.33. The zero-order valence-electron chi connectivity index (χ0n) is 4.55. The molecular formula is C5H10ClNO. The summed E-state index contributed by atoms with van der Waals surface area (Å²) in [7, 11) is 0. The molecule has 3 aliphatic rings. The molecule has 8 heavy (non-hydrogen) atoms. The number of halogens is 1. The Morgan fingerprint density at radius 1 is 1.25 bits per heavy atom. The number of aliphatic hydroxyl groups is 1. The normalized spacial score (nSPS) is 57.8. The van der Waals surface area contributed by atoms with Crippen LogP contribution in [0.4, 0.5) is 0 Å². The number of hydrogen-bond donors (Lipinski definition) is 2. The van der Waals surface area contributed by atoms with Gasteiger partial charge in [-0.25, -0.2) is 0 Å². The highest BCUT2D eigenvalue weighted by atomic mass is 35.5. The molecule has 0 radical (unpaired) electrons. The summed E-state index contributed by atoms with van der Waals surface area (Å²) in [5.74, 6) is 0. The molecule has 0 aromatic rings. The van der Waals surface area contributed by atoms with Crippen molar-refractivity contribution in [3.05, 3.63) is 0 Å². The van der Waals surface area contributed by atoms with Crippen molar-refractivity contribution in [3.8, 4) is 0 Å². The lowest BCUT2D eigenvalue weighted by Gasteiger charge is -2.65. The van der Waals surface area contributed by atoms with Crippen LogP contribution in [0.1, 0.15) is 19.3 Å². The maximum absolute atomic E-state index is 9.06. The third-order valence-corrected chi connectivity index (χ3v) is 2.04. The van der Waals surface area contributed by atoms with Gasteiger partial charge in [0.1, 0.15) is 0 Å². The predicted octanol–water partition coefficient (Wildman–Crippen LogP) is 0.0343. The summed E-state index contributed by atoms with van der Waals surface area (Å²) in [5, 5.41) is 9.06. The molecule has 2 nitrogen and oxygen atoms in total. The van der Waals surface area contributed by atoms with Gasteiger partial charge in [-0.3, -0.25) is 0 Å². The van der Waals surface area contributed by atoms with E-state index in [0.717, 1.165) is 19.3 Å². The Balaban J connectivity index is 0.000000320. The van der Waals surface area contributed by atoms with Gasteiger partial charge in [0.25, 0.3) is 0 Å². The lowest BCUT2D eigenvalue weighted by atomic mass is 9.47. The van der Waals surface area contributed by atoms with E-state index in [1.165, 1.54) is 0 Å². The van der Waals surface area contributed by atoms with Gasteiger partial charge in [0.05, 0.1) is 5.60 Å². The van der Waals surface area contributed by atoms with E-state index in [9.17, 15) is 0 Å². The van der Waals surface area contributed by atoms with Crippen LogP contribution in [0.3, 0.4) is 0 Å². The maximum atomic E-state index is 9.06. The fraction of sp³-hybridized carbons (Fsp3) is 1.00. The van der Waals surface area contributed by atoms with Crippen LogP contribution in [0, 0.1) is 0 Å². The lowest BCUT2D eigenvalue weighted by molar-refractivity contribution is -0.205. The van der Waals surface area contributed by atoms with E-state index in [2.05, 4.69) is 0 Å². The molecule has 3 rings (SSSR count). The minimum atomic E-state index is -0.297. The van der Waals surface area contributed by atoms with E-state index in [1.807, 2.05) is 0 Å². The number of nitrogens with two attached hydrogens (primary N) is 1. The highest BCUT2D eigenvalue weighted by Gasteiger charge is 2.65. The van der Waals surface area contributed by atoms with Gasteiger partial charge in [0, 0.05) is 5.54 Å². The van der Waals surface area contributed by atoms with Crippen molar-refractivity contribution in [2.75, 3.05) is 0 Å². The molecule has 0 amide bonds. The molecule has 48 valence electrons. The van der Waals surface area contributed by atoms with Gasteiger partial charge in [-0.05, 0) is 19.3 Å². The van der Waals surface area contributed by atoms with Gasteiger partial charge in [-0.2, -0.15) is 0 Å². The van der Waals surface area contributed by atoms with E-state index >= 15 is 0 Å². The summed E-state index contributed by atoms with van der Waals surface area (Å²) in [6, 6.07) is 0. The van der Waals surface area contributed by atoms with Crippen LogP contribution in [0.15, 0.2) is 0 Å². The van der Waals surface area contributed by atoms with E-state index in [-0.39, 0.29) is 23.5 Å². The van der Waals surface area contributed by atoms with Crippen molar-refractivity contribution in [1.29, 1.82) is 0 Å². The second-order valence-electron chi connectivity index (χ2n) is 3.12. The van der Waals surface area contributed by atoms with Gasteiger partial charge in [-0.15, -0.1) is 12.4 Å². The molecule has 3 saturated carbocycles. The van der Waals surface area contributed by atoms with Gasteiger partial charge in [-0.1, -0.05) is 0 Å². The Bertz CT molecular complexity index is 93.8. The number of rotatable bonds is 0. The van der Waals surface area contributed by atoms with Gasteiger partial charge in [0.15, 0.2) is 0 Å². The monoisotopic (exact) mass is 135 g/mol. The van der Waals surface area contributed by atoms with E-state index in [0.29, 0.717) is 0 Å². The largest absolute Gasteiger partial charge is 0.390 e. The third kappa shape index (κ3) is 0.508. The minimum absolute atomic E-state index is 0. The van der Waals surface area contributed by atoms with Crippen LogP contribution < -0.4 is 5.73 Å². The SMILES string of the molecule is Cl.NC12CC(O)(C1)C2. The van der Waals surface area contributed by atoms with E-state index in [1.54, 1.807) is 0 Å². The third-order valence-electron chi connectivity index (χ3n) is 2.04. The first-order valence-electron chi connectivity index (χ1n) is 2.63. The molecule has 0 atom stereocenters. The Morgan fingerprint density at radius 2 is 1.62 bits per heavy atom. The second kappa shape index (κ2) is 1.20. The zero-order chi connectivity index (χ0) is 5.12. The van der Waals surface area contributed by atoms with Crippen LogP contribution in [-0.2, 0) is 0 Å². The van der Waals surface area contributed by atoms with Crippen LogP contribution in [-0.4, -0.2) is 16.2 Å². The molecule has 0 spiro atoms. The predicted molar refractivity (Wildman–Crippen MR) is 33.0 cm³/mol. The molecule has 0 heterocycles. The molecule has 3 fully saturated rings. The molecule has 3 heteroatoms. The van der Waals surface area contributed by atoms with Crippen molar-refractivity contribution in [1.82, 2.24) is 0 Å². The Labute approximate surface area is 54.5 Å².